The Hall–Kier alpha value is -0.660. The Labute approximate surface area is 99.7 Å². The zero-order chi connectivity index (χ0) is 11.8. The Balaban J connectivity index is 2.17. The van der Waals surface area contributed by atoms with Crippen molar-refractivity contribution in [1.82, 2.24) is 0 Å². The van der Waals surface area contributed by atoms with Gasteiger partial charge in [0.25, 0.3) is 0 Å². The molecule has 0 aromatic carbocycles. The monoisotopic (exact) mass is 224 g/mol. The second kappa shape index (κ2) is 7.59. The van der Waals surface area contributed by atoms with Crippen LogP contribution in [0, 0.1) is 0 Å². The van der Waals surface area contributed by atoms with E-state index in [1.54, 1.807) is 0 Å². The lowest BCUT2D eigenvalue weighted by Crippen LogP contribution is -2.19. The number of hydrogen-bond donors (Lipinski definition) is 0. The summed E-state index contributed by atoms with van der Waals surface area (Å²) in [4.78, 5) is 11.5. The molecule has 1 heterocycles. The third-order valence-electron chi connectivity index (χ3n) is 3.45. The molecular weight excluding hydrogens is 198 g/mol. The molecule has 92 valence electrons. The molecule has 0 aromatic rings. The molecule has 1 amide bonds. The summed E-state index contributed by atoms with van der Waals surface area (Å²) in [5.41, 5.74) is 1.39. The van der Waals surface area contributed by atoms with Crippen LogP contribution in [0.4, 0.5) is 0 Å². The van der Waals surface area contributed by atoms with Crippen LogP contribution >= 0.6 is 0 Å². The van der Waals surface area contributed by atoms with Crippen molar-refractivity contribution in [1.29, 1.82) is 0 Å². The van der Waals surface area contributed by atoms with Crippen molar-refractivity contribution in [3.05, 3.63) is 0 Å². The van der Waals surface area contributed by atoms with Crippen molar-refractivity contribution in [2.75, 3.05) is 6.54 Å². The van der Waals surface area contributed by atoms with Gasteiger partial charge in [-0.2, -0.15) is 4.58 Å². The van der Waals surface area contributed by atoms with Crippen LogP contribution in [0.25, 0.3) is 0 Å². The molecule has 0 radical (unpaired) electrons. The van der Waals surface area contributed by atoms with Crippen LogP contribution in [0.15, 0.2) is 0 Å². The number of carbonyl (C=O) groups excluding carboxylic acids is 1. The molecule has 0 N–H and O–H groups in total. The van der Waals surface area contributed by atoms with Crippen molar-refractivity contribution in [2.24, 2.45) is 0 Å². The molecule has 0 fully saturated rings. The highest BCUT2D eigenvalue weighted by Gasteiger charge is 2.29. The second-order valence-corrected chi connectivity index (χ2v) is 4.72. The van der Waals surface area contributed by atoms with Gasteiger partial charge in [0, 0.05) is 12.8 Å². The Morgan fingerprint density at radius 2 is 1.69 bits per heavy atom. The number of unbranched alkanes of at least 4 members (excludes halogenated alkanes) is 5. The summed E-state index contributed by atoms with van der Waals surface area (Å²) >= 11 is 0. The summed E-state index contributed by atoms with van der Waals surface area (Å²) in [6, 6.07) is 0. The molecule has 0 saturated carbocycles. The maximum absolute atomic E-state index is 11.5. The lowest BCUT2D eigenvalue weighted by atomic mass is 10.1. The van der Waals surface area contributed by atoms with E-state index in [4.69, 9.17) is 0 Å². The number of carbonyl (C=O) groups is 1. The fourth-order valence-electron chi connectivity index (χ4n) is 2.47. The predicted molar refractivity (Wildman–Crippen MR) is 68.0 cm³/mol. The highest BCUT2D eigenvalue weighted by Crippen LogP contribution is 2.13. The zero-order valence-corrected chi connectivity index (χ0v) is 10.9. The molecule has 1 aliphatic rings. The first-order valence-electron chi connectivity index (χ1n) is 6.94. The Morgan fingerprint density at radius 3 is 2.38 bits per heavy atom. The first kappa shape index (κ1) is 13.4. The van der Waals surface area contributed by atoms with Gasteiger partial charge in [0.1, 0.15) is 6.54 Å². The van der Waals surface area contributed by atoms with E-state index < -0.39 is 0 Å². The van der Waals surface area contributed by atoms with E-state index in [0.29, 0.717) is 5.91 Å². The normalized spacial score (nSPS) is 16.2. The topological polar surface area (TPSA) is 20.1 Å². The van der Waals surface area contributed by atoms with Crippen molar-refractivity contribution < 1.29 is 9.37 Å². The van der Waals surface area contributed by atoms with E-state index in [-0.39, 0.29) is 0 Å². The van der Waals surface area contributed by atoms with Gasteiger partial charge < -0.3 is 0 Å². The predicted octanol–water partition coefficient (Wildman–Crippen LogP) is 3.53. The van der Waals surface area contributed by atoms with E-state index in [1.165, 1.54) is 44.2 Å². The van der Waals surface area contributed by atoms with E-state index in [2.05, 4.69) is 13.8 Å². The SMILES string of the molecule is CCCCCCCCC1=[N+](CC)C(=O)CC1. The van der Waals surface area contributed by atoms with Gasteiger partial charge in [-0.25, -0.2) is 4.79 Å². The summed E-state index contributed by atoms with van der Waals surface area (Å²) in [5, 5.41) is 0. The zero-order valence-electron chi connectivity index (χ0n) is 10.9. The summed E-state index contributed by atoms with van der Waals surface area (Å²) < 4.78 is 1.99. The van der Waals surface area contributed by atoms with Crippen LogP contribution in [0.2, 0.25) is 0 Å². The first-order chi connectivity index (χ1) is 7.79. The highest BCUT2D eigenvalue weighted by molar-refractivity contribution is 5.92. The van der Waals surface area contributed by atoms with E-state index in [0.717, 1.165) is 25.8 Å². The molecule has 0 aliphatic carbocycles. The van der Waals surface area contributed by atoms with Crippen LogP contribution in [-0.4, -0.2) is 22.7 Å². The van der Waals surface area contributed by atoms with Gasteiger partial charge in [-0.05, 0) is 13.3 Å². The minimum absolute atomic E-state index is 0.337. The lowest BCUT2D eigenvalue weighted by molar-refractivity contribution is -0.441. The van der Waals surface area contributed by atoms with Gasteiger partial charge >= 0.3 is 5.91 Å². The molecule has 0 aromatic heterocycles. The largest absolute Gasteiger partial charge is 0.387 e. The third-order valence-corrected chi connectivity index (χ3v) is 3.45. The Morgan fingerprint density at radius 1 is 1.00 bits per heavy atom. The van der Waals surface area contributed by atoms with Gasteiger partial charge in [-0.1, -0.05) is 39.0 Å². The molecule has 2 heteroatoms. The maximum atomic E-state index is 11.5. The Bertz CT molecular complexity index is 255. The van der Waals surface area contributed by atoms with Gasteiger partial charge in [-0.15, -0.1) is 0 Å². The molecule has 0 bridgehead atoms. The molecule has 16 heavy (non-hydrogen) atoms. The molecule has 2 nitrogen and oxygen atoms in total. The lowest BCUT2D eigenvalue weighted by Gasteiger charge is -2.00. The maximum Gasteiger partial charge on any atom is 0.387 e. The van der Waals surface area contributed by atoms with Crippen LogP contribution in [0.1, 0.15) is 71.6 Å². The van der Waals surface area contributed by atoms with Crippen molar-refractivity contribution >= 4 is 11.6 Å². The number of rotatable bonds is 8. The molecule has 0 saturated heterocycles. The van der Waals surface area contributed by atoms with Gasteiger partial charge in [0.15, 0.2) is 5.71 Å². The fourth-order valence-corrected chi connectivity index (χ4v) is 2.47. The number of amides is 1. The third kappa shape index (κ3) is 4.07. The minimum atomic E-state index is 0.337. The molecular formula is C14H26NO+. The average molecular weight is 224 g/mol. The van der Waals surface area contributed by atoms with Crippen molar-refractivity contribution in [3.8, 4) is 0 Å². The van der Waals surface area contributed by atoms with E-state index in [1.807, 2.05) is 4.58 Å². The fraction of sp³-hybridized carbons (Fsp3) is 0.857. The minimum Gasteiger partial charge on any atom is -0.220 e. The molecule has 1 rings (SSSR count). The molecule has 1 aliphatic heterocycles. The van der Waals surface area contributed by atoms with E-state index in [9.17, 15) is 4.79 Å². The van der Waals surface area contributed by atoms with Crippen molar-refractivity contribution in [2.45, 2.75) is 71.6 Å². The average Bonchev–Trinajstić information content (AvgIpc) is 2.64. The molecule has 0 unspecified atom stereocenters. The summed E-state index contributed by atoms with van der Waals surface area (Å²) in [5.74, 6) is 0.337. The van der Waals surface area contributed by atoms with Gasteiger partial charge in [0.05, 0.1) is 6.42 Å². The Kier molecular flexibility index (Phi) is 6.36. The first-order valence-corrected chi connectivity index (χ1v) is 6.94. The van der Waals surface area contributed by atoms with Crippen LogP contribution in [0.5, 0.6) is 0 Å². The van der Waals surface area contributed by atoms with E-state index >= 15 is 0 Å². The summed E-state index contributed by atoms with van der Waals surface area (Å²) in [7, 11) is 0. The number of nitrogens with zero attached hydrogens (tertiary/aromatic N) is 1. The van der Waals surface area contributed by atoms with Crippen LogP contribution in [-0.2, 0) is 4.79 Å². The van der Waals surface area contributed by atoms with Crippen molar-refractivity contribution in [3.63, 3.8) is 0 Å². The smallest absolute Gasteiger partial charge is 0.220 e. The number of hydrogen-bond acceptors (Lipinski definition) is 1. The summed E-state index contributed by atoms with van der Waals surface area (Å²) in [6.45, 7) is 5.19. The van der Waals surface area contributed by atoms with Crippen LogP contribution < -0.4 is 0 Å². The molecule has 0 spiro atoms. The van der Waals surface area contributed by atoms with Gasteiger partial charge in [0.2, 0.25) is 0 Å². The standard InChI is InChI=1S/C14H26NO/c1-3-5-6-7-8-9-10-13-11-12-14(16)15(13)4-2/h3-12H2,1-2H3/q+1. The van der Waals surface area contributed by atoms with Crippen LogP contribution in [0.3, 0.4) is 0 Å². The molecule has 0 atom stereocenters. The van der Waals surface area contributed by atoms with Gasteiger partial charge in [-0.3, -0.25) is 0 Å². The summed E-state index contributed by atoms with van der Waals surface area (Å²) in [6.07, 6.45) is 10.9. The highest BCUT2D eigenvalue weighted by atomic mass is 16.2. The second-order valence-electron chi connectivity index (χ2n) is 4.72. The quantitative estimate of drug-likeness (QED) is 0.456.